The van der Waals surface area contributed by atoms with Crippen molar-refractivity contribution in [3.63, 3.8) is 0 Å². The maximum absolute atomic E-state index is 9.03. The minimum absolute atomic E-state index is 0.598. The summed E-state index contributed by atoms with van der Waals surface area (Å²) in [5.74, 6) is 6.88. The lowest BCUT2D eigenvalue weighted by molar-refractivity contribution is 0.237. The highest BCUT2D eigenvalue weighted by Crippen LogP contribution is 2.21. The molecule has 1 aliphatic heterocycles. The van der Waals surface area contributed by atoms with Crippen LogP contribution in [0.5, 0.6) is 5.75 Å². The summed E-state index contributed by atoms with van der Waals surface area (Å²) in [6, 6.07) is 17.1. The molecule has 0 aliphatic carbocycles. The normalized spacial score (nSPS) is 13.8. The van der Waals surface area contributed by atoms with Gasteiger partial charge in [0.25, 0.3) is 0 Å². The predicted octanol–water partition coefficient (Wildman–Crippen LogP) is 5.08. The summed E-state index contributed by atoms with van der Waals surface area (Å²) in [5, 5.41) is 12.9. The molecule has 6 heteroatoms. The van der Waals surface area contributed by atoms with Gasteiger partial charge in [0.15, 0.2) is 0 Å². The molecule has 0 unspecified atom stereocenters. The van der Waals surface area contributed by atoms with Crippen molar-refractivity contribution in [2.75, 3.05) is 26.2 Å². The highest BCUT2D eigenvalue weighted by Gasteiger charge is 2.11. The Morgan fingerprint density at radius 2 is 1.81 bits per heavy atom. The third kappa shape index (κ3) is 5.88. The van der Waals surface area contributed by atoms with Crippen molar-refractivity contribution >= 4 is 17.8 Å². The Morgan fingerprint density at radius 1 is 1.03 bits per heavy atom. The van der Waals surface area contributed by atoms with E-state index in [4.69, 9.17) is 21.5 Å². The number of nitrogens with zero attached hydrogens (tertiary/aromatic N) is 3. The molecule has 5 nitrogen and oxygen atoms in total. The Hall–Kier alpha value is -3.33. The Bertz CT molecular complexity index is 1130. The summed E-state index contributed by atoms with van der Waals surface area (Å²) in [6.07, 6.45) is 5.69. The van der Waals surface area contributed by atoms with Crippen molar-refractivity contribution in [2.24, 2.45) is 5.16 Å². The molecule has 0 spiro atoms. The fourth-order valence-corrected chi connectivity index (χ4v) is 3.75. The number of halogens is 1. The van der Waals surface area contributed by atoms with Crippen LogP contribution >= 0.6 is 11.6 Å². The number of rotatable bonds is 6. The van der Waals surface area contributed by atoms with E-state index in [1.54, 1.807) is 6.20 Å². The second kappa shape index (κ2) is 10.8. The van der Waals surface area contributed by atoms with Gasteiger partial charge < -0.3 is 9.94 Å². The first kappa shape index (κ1) is 21.9. The molecule has 1 aromatic heterocycles. The molecule has 2 heterocycles. The maximum Gasteiger partial charge on any atom is 0.128 e. The molecule has 1 aliphatic rings. The molecule has 0 saturated carbocycles. The van der Waals surface area contributed by atoms with Crippen molar-refractivity contribution in [2.45, 2.75) is 12.8 Å². The van der Waals surface area contributed by atoms with Gasteiger partial charge in [0, 0.05) is 34.5 Å². The average molecular weight is 446 g/mol. The molecule has 162 valence electrons. The third-order valence-corrected chi connectivity index (χ3v) is 5.60. The van der Waals surface area contributed by atoms with Crippen LogP contribution in [0, 0.1) is 11.8 Å². The van der Waals surface area contributed by atoms with Crippen LogP contribution in [0.4, 0.5) is 0 Å². The Labute approximate surface area is 193 Å². The maximum atomic E-state index is 9.03. The van der Waals surface area contributed by atoms with Crippen LogP contribution in [-0.2, 0) is 0 Å². The lowest BCUT2D eigenvalue weighted by atomic mass is 10.1. The molecular weight excluding hydrogens is 422 g/mol. The molecule has 2 aromatic carbocycles. The van der Waals surface area contributed by atoms with Gasteiger partial charge in [0.1, 0.15) is 18.1 Å². The van der Waals surface area contributed by atoms with E-state index < -0.39 is 0 Å². The largest absolute Gasteiger partial charge is 0.492 e. The van der Waals surface area contributed by atoms with E-state index in [0.29, 0.717) is 28.6 Å². The minimum atomic E-state index is 0.598. The van der Waals surface area contributed by atoms with Gasteiger partial charge in [0.2, 0.25) is 0 Å². The fourth-order valence-electron chi connectivity index (χ4n) is 3.63. The zero-order valence-corrected chi connectivity index (χ0v) is 18.4. The molecular formula is C26H24ClN3O2. The molecule has 0 atom stereocenters. The molecule has 0 bridgehead atoms. The number of oxime groups is 1. The van der Waals surface area contributed by atoms with Crippen LogP contribution in [0.2, 0.25) is 5.02 Å². The van der Waals surface area contributed by atoms with Crippen LogP contribution < -0.4 is 4.74 Å². The first-order valence-corrected chi connectivity index (χ1v) is 11.0. The van der Waals surface area contributed by atoms with Gasteiger partial charge >= 0.3 is 0 Å². The molecule has 0 radical (unpaired) electrons. The van der Waals surface area contributed by atoms with Crippen LogP contribution in [0.1, 0.15) is 29.7 Å². The van der Waals surface area contributed by atoms with Crippen molar-refractivity contribution in [3.8, 4) is 28.7 Å². The van der Waals surface area contributed by atoms with Crippen molar-refractivity contribution < 1.29 is 9.94 Å². The molecule has 1 fully saturated rings. The standard InChI is InChI=1S/C26H24ClN3O2/c27-24-8-5-21(6-9-24)22-7-11-25(28-18-22)10-3-20-4-12-26(23(17-20)19-29-31)32-16-15-30-13-1-2-14-30/h4-9,11-12,17-19,31H,1-2,13-16H2. The van der Waals surface area contributed by atoms with Gasteiger partial charge in [-0.3, -0.25) is 4.90 Å². The monoisotopic (exact) mass is 445 g/mol. The van der Waals surface area contributed by atoms with E-state index in [1.807, 2.05) is 54.6 Å². The highest BCUT2D eigenvalue weighted by atomic mass is 35.5. The Balaban J connectivity index is 1.43. The molecule has 1 saturated heterocycles. The van der Waals surface area contributed by atoms with E-state index in [0.717, 1.165) is 36.3 Å². The Morgan fingerprint density at radius 3 is 2.53 bits per heavy atom. The zero-order chi connectivity index (χ0) is 22.2. The fraction of sp³-hybridized carbons (Fsp3) is 0.231. The average Bonchev–Trinajstić information content (AvgIpc) is 3.34. The SMILES string of the molecule is ON=Cc1cc(C#Cc2ccc(-c3ccc(Cl)cc3)cn2)ccc1OCCN1CCCC1. The van der Waals surface area contributed by atoms with E-state index >= 15 is 0 Å². The minimum Gasteiger partial charge on any atom is -0.492 e. The quantitative estimate of drug-likeness (QED) is 0.248. The van der Waals surface area contributed by atoms with Crippen LogP contribution in [0.25, 0.3) is 11.1 Å². The van der Waals surface area contributed by atoms with Crippen molar-refractivity contribution in [3.05, 3.63) is 82.6 Å². The Kier molecular flexibility index (Phi) is 7.39. The zero-order valence-electron chi connectivity index (χ0n) is 17.7. The number of hydrogen-bond donors (Lipinski definition) is 1. The first-order valence-electron chi connectivity index (χ1n) is 10.6. The summed E-state index contributed by atoms with van der Waals surface area (Å²) >= 11 is 5.95. The summed E-state index contributed by atoms with van der Waals surface area (Å²) in [7, 11) is 0. The number of ether oxygens (including phenoxy) is 1. The third-order valence-electron chi connectivity index (χ3n) is 5.35. The highest BCUT2D eigenvalue weighted by molar-refractivity contribution is 6.30. The number of benzene rings is 2. The van der Waals surface area contributed by atoms with Crippen LogP contribution in [0.3, 0.4) is 0 Å². The number of likely N-dealkylation sites (tertiary alicyclic amines) is 1. The van der Waals surface area contributed by atoms with Gasteiger partial charge in [-0.15, -0.1) is 0 Å². The smallest absolute Gasteiger partial charge is 0.128 e. The summed E-state index contributed by atoms with van der Waals surface area (Å²) in [4.78, 5) is 6.84. The first-order chi connectivity index (χ1) is 15.7. The van der Waals surface area contributed by atoms with E-state index in [-0.39, 0.29) is 0 Å². The van der Waals surface area contributed by atoms with Crippen LogP contribution in [-0.4, -0.2) is 47.5 Å². The topological polar surface area (TPSA) is 58.0 Å². The van der Waals surface area contributed by atoms with Gasteiger partial charge in [-0.05, 0) is 73.8 Å². The second-order valence-corrected chi connectivity index (χ2v) is 8.02. The summed E-state index contributed by atoms with van der Waals surface area (Å²) in [5.41, 5.74) is 4.20. The molecule has 3 aromatic rings. The molecule has 4 rings (SSSR count). The lowest BCUT2D eigenvalue weighted by Gasteiger charge is -2.15. The van der Waals surface area contributed by atoms with Gasteiger partial charge in [-0.25, -0.2) is 4.98 Å². The van der Waals surface area contributed by atoms with Crippen molar-refractivity contribution in [1.82, 2.24) is 9.88 Å². The van der Waals surface area contributed by atoms with Crippen molar-refractivity contribution in [1.29, 1.82) is 0 Å². The van der Waals surface area contributed by atoms with E-state index in [9.17, 15) is 0 Å². The van der Waals surface area contributed by atoms with E-state index in [2.05, 4.69) is 26.9 Å². The van der Waals surface area contributed by atoms with E-state index in [1.165, 1.54) is 19.1 Å². The molecule has 32 heavy (non-hydrogen) atoms. The number of hydrogen-bond acceptors (Lipinski definition) is 5. The summed E-state index contributed by atoms with van der Waals surface area (Å²) < 4.78 is 5.92. The predicted molar refractivity (Wildman–Crippen MR) is 128 cm³/mol. The van der Waals surface area contributed by atoms with Gasteiger partial charge in [-0.1, -0.05) is 40.9 Å². The number of aromatic nitrogens is 1. The van der Waals surface area contributed by atoms with Gasteiger partial charge in [-0.2, -0.15) is 0 Å². The second-order valence-electron chi connectivity index (χ2n) is 7.58. The van der Waals surface area contributed by atoms with Crippen LogP contribution in [0.15, 0.2) is 65.9 Å². The van der Waals surface area contributed by atoms with Gasteiger partial charge in [0.05, 0.1) is 6.21 Å². The molecule has 1 N–H and O–H groups in total. The number of pyridine rings is 1. The lowest BCUT2D eigenvalue weighted by Crippen LogP contribution is -2.25. The summed E-state index contributed by atoms with van der Waals surface area (Å²) in [6.45, 7) is 3.77. The molecule has 0 amide bonds.